The first-order valence-electron chi connectivity index (χ1n) is 8.73. The van der Waals surface area contributed by atoms with E-state index in [-0.39, 0.29) is 27.3 Å². The molecule has 0 heterocycles. The summed E-state index contributed by atoms with van der Waals surface area (Å²) in [5.74, 6) is -2.48. The van der Waals surface area contributed by atoms with Gasteiger partial charge in [-0.2, -0.15) is 5.26 Å². The third-order valence-corrected chi connectivity index (χ3v) is 6.77. The van der Waals surface area contributed by atoms with Crippen molar-refractivity contribution in [1.82, 2.24) is 4.72 Å². The van der Waals surface area contributed by atoms with Crippen LogP contribution in [-0.2, 0) is 10.0 Å². The summed E-state index contributed by atoms with van der Waals surface area (Å²) in [7, 11) is -4.15. The maximum absolute atomic E-state index is 14.4. The summed E-state index contributed by atoms with van der Waals surface area (Å²) in [6.45, 7) is 0. The number of halogens is 3. The van der Waals surface area contributed by atoms with E-state index in [1.54, 1.807) is 6.07 Å². The molecule has 0 unspecified atom stereocenters. The zero-order valence-electron chi connectivity index (χ0n) is 15.0. The van der Waals surface area contributed by atoms with Gasteiger partial charge < -0.3 is 5.32 Å². The van der Waals surface area contributed by atoms with E-state index in [9.17, 15) is 22.0 Å². The van der Waals surface area contributed by atoms with E-state index in [4.69, 9.17) is 5.26 Å². The largest absolute Gasteiger partial charge is 0.322 e. The lowest BCUT2D eigenvalue weighted by atomic mass is 10.1. The molecule has 0 radical (unpaired) electrons. The van der Waals surface area contributed by atoms with Gasteiger partial charge in [0, 0.05) is 16.2 Å². The molecule has 152 valence electrons. The summed E-state index contributed by atoms with van der Waals surface area (Å²) in [5.41, 5.74) is -0.247. The number of anilines is 1. The van der Waals surface area contributed by atoms with Gasteiger partial charge in [-0.25, -0.2) is 21.9 Å². The molecule has 0 bridgehead atoms. The van der Waals surface area contributed by atoms with E-state index in [1.807, 2.05) is 0 Å². The number of carbonyl (C=O) groups is 1. The van der Waals surface area contributed by atoms with E-state index in [0.29, 0.717) is 12.8 Å². The quantitative estimate of drug-likeness (QED) is 0.669. The van der Waals surface area contributed by atoms with Crippen LogP contribution in [0.4, 0.5) is 14.5 Å². The van der Waals surface area contributed by atoms with Crippen LogP contribution in [0, 0.1) is 23.0 Å². The number of nitrogens with one attached hydrogen (secondary N) is 2. The van der Waals surface area contributed by atoms with Gasteiger partial charge in [-0.05, 0) is 59.1 Å². The molecular weight excluding hydrogens is 468 g/mol. The number of nitrogens with zero attached hydrogens (tertiary/aromatic N) is 1. The Morgan fingerprint density at radius 3 is 2.48 bits per heavy atom. The number of hydrogen-bond acceptors (Lipinski definition) is 4. The number of hydrogen-bond donors (Lipinski definition) is 2. The molecule has 1 aliphatic rings. The molecule has 3 rings (SSSR count). The van der Waals surface area contributed by atoms with E-state index in [2.05, 4.69) is 26.0 Å². The Hall–Kier alpha value is -2.35. The minimum absolute atomic E-state index is 0.0509. The third kappa shape index (κ3) is 4.80. The molecule has 6 nitrogen and oxygen atoms in total. The van der Waals surface area contributed by atoms with Gasteiger partial charge in [0.15, 0.2) is 0 Å². The normalized spacial score (nSPS) is 14.6. The first-order chi connectivity index (χ1) is 13.7. The van der Waals surface area contributed by atoms with Crippen molar-refractivity contribution in [3.8, 4) is 6.07 Å². The molecular formula is C19H16BrF2N3O3S. The number of sulfonamides is 1. The number of benzene rings is 2. The second kappa shape index (κ2) is 8.57. The van der Waals surface area contributed by atoms with Crippen molar-refractivity contribution in [2.75, 3.05) is 5.32 Å². The topological polar surface area (TPSA) is 99.1 Å². The highest BCUT2D eigenvalue weighted by Crippen LogP contribution is 2.27. The van der Waals surface area contributed by atoms with Crippen LogP contribution in [0.3, 0.4) is 0 Å². The fourth-order valence-electron chi connectivity index (χ4n) is 3.12. The zero-order valence-corrected chi connectivity index (χ0v) is 17.4. The first kappa shape index (κ1) is 21.4. The smallest absolute Gasteiger partial charge is 0.256 e. The highest BCUT2D eigenvalue weighted by Gasteiger charge is 2.27. The molecule has 1 amide bonds. The van der Waals surface area contributed by atoms with E-state index < -0.39 is 32.5 Å². The van der Waals surface area contributed by atoms with Crippen molar-refractivity contribution >= 4 is 37.5 Å². The average Bonchev–Trinajstić information content (AvgIpc) is 3.15. The van der Waals surface area contributed by atoms with Gasteiger partial charge in [0.2, 0.25) is 10.0 Å². The summed E-state index contributed by atoms with van der Waals surface area (Å²) in [6.07, 6.45) is 3.14. The zero-order chi connectivity index (χ0) is 21.2. The highest BCUT2D eigenvalue weighted by atomic mass is 79.9. The minimum Gasteiger partial charge on any atom is -0.322 e. The van der Waals surface area contributed by atoms with Crippen molar-refractivity contribution < 1.29 is 22.0 Å². The summed E-state index contributed by atoms with van der Waals surface area (Å²) in [5, 5.41) is 11.3. The summed E-state index contributed by atoms with van der Waals surface area (Å²) in [4.78, 5) is 12.0. The highest BCUT2D eigenvalue weighted by molar-refractivity contribution is 9.10. The molecule has 29 heavy (non-hydrogen) atoms. The standard InChI is InChI=1S/C19H16BrF2N3O3S/c20-15-9-17(22)18(29(27,28)25-12-3-1-2-4-12)8-14(15)19(26)24-13-5-6-16(21)11(7-13)10-23/h5-9,12,25H,1-4H2,(H,24,26). The lowest BCUT2D eigenvalue weighted by Crippen LogP contribution is -2.33. The Kier molecular flexibility index (Phi) is 6.31. The maximum atomic E-state index is 14.4. The Bertz CT molecular complexity index is 1110. The second-order valence-electron chi connectivity index (χ2n) is 6.63. The Labute approximate surface area is 175 Å². The van der Waals surface area contributed by atoms with Crippen LogP contribution >= 0.6 is 15.9 Å². The average molecular weight is 484 g/mol. The second-order valence-corrected chi connectivity index (χ2v) is 9.16. The van der Waals surface area contributed by atoms with Crippen molar-refractivity contribution in [2.24, 2.45) is 0 Å². The molecule has 1 saturated carbocycles. The fourth-order valence-corrected chi connectivity index (χ4v) is 5.01. The van der Waals surface area contributed by atoms with Gasteiger partial charge in [0.05, 0.1) is 11.1 Å². The molecule has 1 fully saturated rings. The van der Waals surface area contributed by atoms with Crippen molar-refractivity contribution in [1.29, 1.82) is 5.26 Å². The number of carbonyl (C=O) groups excluding carboxylic acids is 1. The Morgan fingerprint density at radius 2 is 1.83 bits per heavy atom. The van der Waals surface area contributed by atoms with Crippen molar-refractivity contribution in [2.45, 2.75) is 36.6 Å². The fraction of sp³-hybridized carbons (Fsp3) is 0.263. The van der Waals surface area contributed by atoms with E-state index in [0.717, 1.165) is 37.1 Å². The van der Waals surface area contributed by atoms with Crippen LogP contribution in [0.2, 0.25) is 0 Å². The minimum atomic E-state index is -4.15. The molecule has 10 heteroatoms. The van der Waals surface area contributed by atoms with Gasteiger partial charge in [-0.3, -0.25) is 4.79 Å². The summed E-state index contributed by atoms with van der Waals surface area (Å²) < 4.78 is 55.5. The molecule has 1 aliphatic carbocycles. The van der Waals surface area contributed by atoms with Gasteiger partial charge in [0.25, 0.3) is 5.91 Å². The molecule has 0 atom stereocenters. The molecule has 0 aliphatic heterocycles. The van der Waals surface area contributed by atoms with Crippen LogP contribution in [0.5, 0.6) is 0 Å². The molecule has 0 aromatic heterocycles. The molecule has 0 saturated heterocycles. The lowest BCUT2D eigenvalue weighted by molar-refractivity contribution is 0.102. The Balaban J connectivity index is 1.90. The summed E-state index contributed by atoms with van der Waals surface area (Å²) in [6, 6.07) is 6.67. The first-order valence-corrected chi connectivity index (χ1v) is 11.0. The SMILES string of the molecule is N#Cc1cc(NC(=O)c2cc(S(=O)(=O)NC3CCCC3)c(F)cc2Br)ccc1F. The third-order valence-electron chi connectivity index (χ3n) is 4.58. The van der Waals surface area contributed by atoms with Crippen LogP contribution < -0.4 is 10.0 Å². The van der Waals surface area contributed by atoms with Crippen molar-refractivity contribution in [3.63, 3.8) is 0 Å². The van der Waals surface area contributed by atoms with Gasteiger partial charge in [-0.15, -0.1) is 0 Å². The van der Waals surface area contributed by atoms with Gasteiger partial charge >= 0.3 is 0 Å². The van der Waals surface area contributed by atoms with Crippen LogP contribution in [0.25, 0.3) is 0 Å². The molecule has 2 aromatic rings. The Morgan fingerprint density at radius 1 is 1.14 bits per heavy atom. The number of nitriles is 1. The monoisotopic (exact) mass is 483 g/mol. The van der Waals surface area contributed by atoms with Crippen LogP contribution in [0.15, 0.2) is 39.7 Å². The van der Waals surface area contributed by atoms with Crippen molar-refractivity contribution in [3.05, 3.63) is 57.6 Å². The predicted octanol–water partition coefficient (Wildman–Crippen LogP) is 4.07. The predicted molar refractivity (Wildman–Crippen MR) is 106 cm³/mol. The number of amides is 1. The van der Waals surface area contributed by atoms with Gasteiger partial charge in [-0.1, -0.05) is 12.8 Å². The molecule has 2 N–H and O–H groups in total. The number of rotatable bonds is 5. The van der Waals surface area contributed by atoms with Crippen LogP contribution in [0.1, 0.15) is 41.6 Å². The van der Waals surface area contributed by atoms with E-state index >= 15 is 0 Å². The molecule has 2 aromatic carbocycles. The van der Waals surface area contributed by atoms with E-state index in [1.165, 1.54) is 6.07 Å². The van der Waals surface area contributed by atoms with Gasteiger partial charge in [0.1, 0.15) is 22.6 Å². The summed E-state index contributed by atoms with van der Waals surface area (Å²) >= 11 is 3.06. The van der Waals surface area contributed by atoms with Crippen LogP contribution in [-0.4, -0.2) is 20.4 Å². The maximum Gasteiger partial charge on any atom is 0.256 e. The molecule has 0 spiro atoms. The lowest BCUT2D eigenvalue weighted by Gasteiger charge is -2.15.